The molecule has 0 aliphatic heterocycles. The van der Waals surface area contributed by atoms with Crippen LogP contribution < -0.4 is 5.32 Å². The average molecular weight is 297 g/mol. The molecule has 0 saturated carbocycles. The number of alkyl halides is 3. The third-order valence-corrected chi connectivity index (χ3v) is 2.91. The Labute approximate surface area is 119 Å². The van der Waals surface area contributed by atoms with Crippen molar-refractivity contribution in [3.63, 3.8) is 0 Å². The monoisotopic (exact) mass is 297 g/mol. The van der Waals surface area contributed by atoms with E-state index in [1.807, 2.05) is 19.1 Å². The standard InChI is InChI=1S/C14H14F3N3O/c1-2-10-5-3-4-6-11(10)18-13(21)9-20-8-7-12(19-20)14(15,16)17/h3-8H,2,9H2,1H3,(H,18,21). The summed E-state index contributed by atoms with van der Waals surface area (Å²) in [5, 5.41) is 6.01. The number of anilines is 1. The molecular formula is C14H14F3N3O. The van der Waals surface area contributed by atoms with Gasteiger partial charge >= 0.3 is 6.18 Å². The molecule has 0 aliphatic carbocycles. The van der Waals surface area contributed by atoms with E-state index < -0.39 is 17.8 Å². The van der Waals surface area contributed by atoms with E-state index in [1.165, 1.54) is 0 Å². The third-order valence-electron chi connectivity index (χ3n) is 2.91. The molecule has 7 heteroatoms. The second-order valence-corrected chi connectivity index (χ2v) is 4.46. The topological polar surface area (TPSA) is 46.9 Å². The fraction of sp³-hybridized carbons (Fsp3) is 0.286. The van der Waals surface area contributed by atoms with Gasteiger partial charge in [0.25, 0.3) is 0 Å². The average Bonchev–Trinajstić information content (AvgIpc) is 2.87. The van der Waals surface area contributed by atoms with Gasteiger partial charge in [0, 0.05) is 11.9 Å². The summed E-state index contributed by atoms with van der Waals surface area (Å²) < 4.78 is 38.2. The van der Waals surface area contributed by atoms with Crippen molar-refractivity contribution in [1.29, 1.82) is 0 Å². The highest BCUT2D eigenvalue weighted by Crippen LogP contribution is 2.27. The van der Waals surface area contributed by atoms with Gasteiger partial charge in [-0.1, -0.05) is 25.1 Å². The minimum Gasteiger partial charge on any atom is -0.324 e. The van der Waals surface area contributed by atoms with Crippen LogP contribution in [0.15, 0.2) is 36.5 Å². The summed E-state index contributed by atoms with van der Waals surface area (Å²) in [5.74, 6) is -0.423. The largest absolute Gasteiger partial charge is 0.435 e. The van der Waals surface area contributed by atoms with Gasteiger partial charge in [-0.15, -0.1) is 0 Å². The van der Waals surface area contributed by atoms with Crippen molar-refractivity contribution in [2.24, 2.45) is 0 Å². The lowest BCUT2D eigenvalue weighted by Crippen LogP contribution is -2.20. The van der Waals surface area contributed by atoms with Crippen LogP contribution in [0.1, 0.15) is 18.2 Å². The van der Waals surface area contributed by atoms with E-state index in [-0.39, 0.29) is 6.54 Å². The van der Waals surface area contributed by atoms with Gasteiger partial charge in [-0.3, -0.25) is 9.48 Å². The lowest BCUT2D eigenvalue weighted by atomic mass is 10.1. The Morgan fingerprint density at radius 1 is 1.29 bits per heavy atom. The summed E-state index contributed by atoms with van der Waals surface area (Å²) in [6.07, 6.45) is -2.62. The van der Waals surface area contributed by atoms with Gasteiger partial charge in [-0.05, 0) is 24.1 Å². The molecule has 0 fully saturated rings. The van der Waals surface area contributed by atoms with E-state index in [1.54, 1.807) is 12.1 Å². The summed E-state index contributed by atoms with van der Waals surface area (Å²) >= 11 is 0. The van der Waals surface area contributed by atoms with Crippen molar-refractivity contribution < 1.29 is 18.0 Å². The predicted molar refractivity (Wildman–Crippen MR) is 71.7 cm³/mol. The van der Waals surface area contributed by atoms with E-state index in [4.69, 9.17) is 0 Å². The van der Waals surface area contributed by atoms with Crippen molar-refractivity contribution in [2.45, 2.75) is 26.1 Å². The normalized spacial score (nSPS) is 11.4. The minimum atomic E-state index is -4.50. The number of amides is 1. The quantitative estimate of drug-likeness (QED) is 0.942. The molecular weight excluding hydrogens is 283 g/mol. The summed E-state index contributed by atoms with van der Waals surface area (Å²) in [7, 11) is 0. The molecule has 0 bridgehead atoms. The van der Waals surface area contributed by atoms with Crippen LogP contribution in [-0.2, 0) is 23.9 Å². The number of aryl methyl sites for hydroxylation is 1. The van der Waals surface area contributed by atoms with Crippen molar-refractivity contribution in [1.82, 2.24) is 9.78 Å². The van der Waals surface area contributed by atoms with Crippen LogP contribution in [0.2, 0.25) is 0 Å². The van der Waals surface area contributed by atoms with Crippen LogP contribution >= 0.6 is 0 Å². The van der Waals surface area contributed by atoms with Crippen molar-refractivity contribution in [3.8, 4) is 0 Å². The fourth-order valence-corrected chi connectivity index (χ4v) is 1.89. The van der Waals surface area contributed by atoms with Gasteiger partial charge in [0.1, 0.15) is 6.54 Å². The Morgan fingerprint density at radius 3 is 2.62 bits per heavy atom. The molecule has 0 spiro atoms. The number of carbonyl (C=O) groups is 1. The number of nitrogens with one attached hydrogen (secondary N) is 1. The molecule has 0 radical (unpaired) electrons. The molecule has 2 rings (SSSR count). The maximum atomic E-state index is 12.4. The van der Waals surface area contributed by atoms with E-state index in [0.717, 1.165) is 28.9 Å². The first-order valence-electron chi connectivity index (χ1n) is 6.38. The van der Waals surface area contributed by atoms with Crippen LogP contribution in [0.4, 0.5) is 18.9 Å². The van der Waals surface area contributed by atoms with Crippen molar-refractivity contribution >= 4 is 11.6 Å². The molecule has 1 amide bonds. The third kappa shape index (κ3) is 3.84. The Hall–Kier alpha value is -2.31. The van der Waals surface area contributed by atoms with Crippen LogP contribution in [0.5, 0.6) is 0 Å². The zero-order valence-electron chi connectivity index (χ0n) is 11.3. The Balaban J connectivity index is 2.03. The molecule has 0 atom stereocenters. The number of rotatable bonds is 4. The molecule has 21 heavy (non-hydrogen) atoms. The lowest BCUT2D eigenvalue weighted by molar-refractivity contribution is -0.141. The lowest BCUT2D eigenvalue weighted by Gasteiger charge is -2.09. The second kappa shape index (κ2) is 5.99. The first kappa shape index (κ1) is 15.1. The zero-order valence-corrected chi connectivity index (χ0v) is 11.3. The Morgan fingerprint density at radius 2 is 2.00 bits per heavy atom. The highest BCUT2D eigenvalue weighted by molar-refractivity contribution is 5.91. The molecule has 2 aromatic rings. The summed E-state index contributed by atoms with van der Waals surface area (Å²) in [6.45, 7) is 1.68. The van der Waals surface area contributed by atoms with Crippen LogP contribution in [0.25, 0.3) is 0 Å². The van der Waals surface area contributed by atoms with E-state index in [0.29, 0.717) is 5.69 Å². The van der Waals surface area contributed by atoms with E-state index >= 15 is 0 Å². The zero-order chi connectivity index (χ0) is 15.5. The van der Waals surface area contributed by atoms with Gasteiger partial charge in [0.2, 0.25) is 5.91 Å². The number of halogens is 3. The molecule has 1 heterocycles. The summed E-state index contributed by atoms with van der Waals surface area (Å²) in [6, 6.07) is 8.11. The summed E-state index contributed by atoms with van der Waals surface area (Å²) in [5.41, 5.74) is 0.611. The molecule has 4 nitrogen and oxygen atoms in total. The first-order valence-corrected chi connectivity index (χ1v) is 6.38. The maximum Gasteiger partial charge on any atom is 0.435 e. The van der Waals surface area contributed by atoms with Gasteiger partial charge < -0.3 is 5.32 Å². The molecule has 1 aromatic carbocycles. The van der Waals surface area contributed by atoms with Gasteiger partial charge in [0.05, 0.1) is 0 Å². The number of aromatic nitrogens is 2. The fourth-order valence-electron chi connectivity index (χ4n) is 1.89. The van der Waals surface area contributed by atoms with E-state index in [9.17, 15) is 18.0 Å². The maximum absolute atomic E-state index is 12.4. The molecule has 112 valence electrons. The molecule has 1 N–H and O–H groups in total. The van der Waals surface area contributed by atoms with Crippen LogP contribution in [-0.4, -0.2) is 15.7 Å². The van der Waals surface area contributed by atoms with Gasteiger partial charge in [-0.2, -0.15) is 18.3 Å². The van der Waals surface area contributed by atoms with Crippen molar-refractivity contribution in [2.75, 3.05) is 5.32 Å². The van der Waals surface area contributed by atoms with Gasteiger partial charge in [-0.25, -0.2) is 0 Å². The highest BCUT2D eigenvalue weighted by atomic mass is 19.4. The smallest absolute Gasteiger partial charge is 0.324 e. The Bertz CT molecular complexity index is 634. The van der Waals surface area contributed by atoms with E-state index in [2.05, 4.69) is 10.4 Å². The second-order valence-electron chi connectivity index (χ2n) is 4.46. The minimum absolute atomic E-state index is 0.270. The van der Waals surface area contributed by atoms with Crippen LogP contribution in [0.3, 0.4) is 0 Å². The Kier molecular flexibility index (Phi) is 4.30. The van der Waals surface area contributed by atoms with Crippen LogP contribution in [0, 0.1) is 0 Å². The number of nitrogens with zero attached hydrogens (tertiary/aromatic N) is 2. The molecule has 1 aromatic heterocycles. The predicted octanol–water partition coefficient (Wildman–Crippen LogP) is 3.10. The van der Waals surface area contributed by atoms with Crippen molar-refractivity contribution in [3.05, 3.63) is 47.8 Å². The van der Waals surface area contributed by atoms with Gasteiger partial charge in [0.15, 0.2) is 5.69 Å². The SMILES string of the molecule is CCc1ccccc1NC(=O)Cn1ccc(C(F)(F)F)n1. The first-order chi connectivity index (χ1) is 9.90. The number of para-hydroxylation sites is 1. The summed E-state index contributed by atoms with van der Waals surface area (Å²) in [4.78, 5) is 11.9. The molecule has 0 saturated heterocycles. The molecule has 0 unspecified atom stereocenters. The molecule has 0 aliphatic rings. The number of benzene rings is 1. The number of hydrogen-bond acceptors (Lipinski definition) is 2. The highest BCUT2D eigenvalue weighted by Gasteiger charge is 2.33. The number of carbonyl (C=O) groups excluding carboxylic acids is 1. The number of hydrogen-bond donors (Lipinski definition) is 1.